The van der Waals surface area contributed by atoms with Crippen LogP contribution in [0.4, 0.5) is 10.7 Å². The molecule has 0 radical (unpaired) electrons. The Morgan fingerprint density at radius 1 is 1.55 bits per heavy atom. The number of rotatable bonds is 6. The number of primary amides is 1. The van der Waals surface area contributed by atoms with Crippen molar-refractivity contribution in [2.45, 2.75) is 13.3 Å². The van der Waals surface area contributed by atoms with E-state index in [0.717, 1.165) is 11.3 Å². The number of hydrogen-bond acceptors (Lipinski definition) is 8. The van der Waals surface area contributed by atoms with Crippen molar-refractivity contribution in [1.29, 1.82) is 0 Å². The summed E-state index contributed by atoms with van der Waals surface area (Å²) in [7, 11) is 1.48. The third kappa shape index (κ3) is 2.82. The van der Waals surface area contributed by atoms with Crippen LogP contribution in [0.1, 0.15) is 21.4 Å². The molecule has 0 unspecified atom stereocenters. The van der Waals surface area contributed by atoms with Crippen LogP contribution in [0.5, 0.6) is 5.75 Å². The molecular formula is C11H15N5O3S. The van der Waals surface area contributed by atoms with Crippen LogP contribution in [0.2, 0.25) is 0 Å². The topological polar surface area (TPSA) is 129 Å². The first-order chi connectivity index (χ1) is 9.52. The number of nitrogens with zero attached hydrogens (tertiary/aromatic N) is 2. The number of amides is 1. The number of aromatic nitrogens is 2. The largest absolute Gasteiger partial charge is 0.492 e. The molecule has 5 N–H and O–H groups in total. The molecule has 0 aliphatic carbocycles. The van der Waals surface area contributed by atoms with Crippen LogP contribution in [0, 0.1) is 6.92 Å². The number of anilines is 2. The molecule has 0 aliphatic heterocycles. The third-order valence-corrected chi connectivity index (χ3v) is 3.69. The summed E-state index contributed by atoms with van der Waals surface area (Å²) in [4.78, 5) is 15.6. The highest BCUT2D eigenvalue weighted by molar-refractivity contribution is 7.19. The maximum atomic E-state index is 11.2. The van der Waals surface area contributed by atoms with E-state index in [1.807, 2.05) is 0 Å². The number of thiophene rings is 1. The van der Waals surface area contributed by atoms with Gasteiger partial charge in [-0.3, -0.25) is 4.79 Å². The first kappa shape index (κ1) is 14.1. The molecule has 2 aromatic heterocycles. The lowest BCUT2D eigenvalue weighted by molar-refractivity contribution is 0.100. The minimum Gasteiger partial charge on any atom is -0.492 e. The van der Waals surface area contributed by atoms with Crippen molar-refractivity contribution in [2.24, 2.45) is 5.73 Å². The van der Waals surface area contributed by atoms with Crippen LogP contribution in [0.3, 0.4) is 0 Å². The van der Waals surface area contributed by atoms with Gasteiger partial charge >= 0.3 is 0 Å². The SMILES string of the molecule is COc1c(NCCc2noc(C)n2)sc(C(N)=O)c1N. The number of methoxy groups -OCH3 is 1. The average Bonchev–Trinajstić information content (AvgIpc) is 2.94. The van der Waals surface area contributed by atoms with E-state index in [-0.39, 0.29) is 10.6 Å². The Bertz CT molecular complexity index is 622. The van der Waals surface area contributed by atoms with Gasteiger partial charge < -0.3 is 26.0 Å². The molecule has 2 heterocycles. The molecule has 20 heavy (non-hydrogen) atoms. The molecular weight excluding hydrogens is 282 g/mol. The van der Waals surface area contributed by atoms with E-state index in [1.54, 1.807) is 6.92 Å². The molecule has 108 valence electrons. The highest BCUT2D eigenvalue weighted by Crippen LogP contribution is 2.42. The number of carbonyl (C=O) groups is 1. The van der Waals surface area contributed by atoms with Crippen molar-refractivity contribution in [2.75, 3.05) is 24.7 Å². The van der Waals surface area contributed by atoms with Gasteiger partial charge in [-0.1, -0.05) is 5.16 Å². The lowest BCUT2D eigenvalue weighted by atomic mass is 10.3. The minimum atomic E-state index is -0.576. The van der Waals surface area contributed by atoms with E-state index in [1.165, 1.54) is 7.11 Å². The second-order valence-corrected chi connectivity index (χ2v) is 5.00. The molecule has 2 aromatic rings. The van der Waals surface area contributed by atoms with E-state index in [4.69, 9.17) is 20.7 Å². The van der Waals surface area contributed by atoms with Gasteiger partial charge in [-0.25, -0.2) is 0 Å². The quantitative estimate of drug-likeness (QED) is 0.718. The van der Waals surface area contributed by atoms with Crippen molar-refractivity contribution in [3.8, 4) is 5.75 Å². The van der Waals surface area contributed by atoms with E-state index in [9.17, 15) is 4.79 Å². The summed E-state index contributed by atoms with van der Waals surface area (Å²) in [6, 6.07) is 0. The zero-order valence-electron chi connectivity index (χ0n) is 11.1. The van der Waals surface area contributed by atoms with Crippen molar-refractivity contribution < 1.29 is 14.1 Å². The lowest BCUT2D eigenvalue weighted by Crippen LogP contribution is -2.10. The van der Waals surface area contributed by atoms with Crippen molar-refractivity contribution in [1.82, 2.24) is 10.1 Å². The zero-order valence-corrected chi connectivity index (χ0v) is 11.9. The second kappa shape index (κ2) is 5.78. The number of nitrogens with two attached hydrogens (primary N) is 2. The summed E-state index contributed by atoms with van der Waals surface area (Å²) in [5, 5.41) is 7.56. The fourth-order valence-electron chi connectivity index (χ4n) is 1.66. The smallest absolute Gasteiger partial charge is 0.261 e. The molecule has 0 saturated carbocycles. The van der Waals surface area contributed by atoms with Gasteiger partial charge in [0.1, 0.15) is 15.6 Å². The summed E-state index contributed by atoms with van der Waals surface area (Å²) in [6.45, 7) is 2.28. The number of carbonyl (C=O) groups excluding carboxylic acids is 1. The number of hydrogen-bond donors (Lipinski definition) is 3. The van der Waals surface area contributed by atoms with E-state index >= 15 is 0 Å². The monoisotopic (exact) mass is 297 g/mol. The molecule has 0 bridgehead atoms. The minimum absolute atomic E-state index is 0.253. The Hall–Kier alpha value is -2.29. The summed E-state index contributed by atoms with van der Waals surface area (Å²) in [5.41, 5.74) is 11.3. The fourth-order valence-corrected chi connectivity index (χ4v) is 2.63. The van der Waals surface area contributed by atoms with Crippen LogP contribution >= 0.6 is 11.3 Å². The third-order valence-electron chi connectivity index (χ3n) is 2.53. The summed E-state index contributed by atoms with van der Waals surface area (Å²) in [6.07, 6.45) is 0.574. The number of nitrogens with one attached hydrogen (secondary N) is 1. The van der Waals surface area contributed by atoms with Crippen molar-refractivity contribution >= 4 is 27.9 Å². The first-order valence-corrected chi connectivity index (χ1v) is 6.63. The zero-order chi connectivity index (χ0) is 14.7. The van der Waals surface area contributed by atoms with Crippen LogP contribution in [0.15, 0.2) is 4.52 Å². The summed E-state index contributed by atoms with van der Waals surface area (Å²) < 4.78 is 10.1. The van der Waals surface area contributed by atoms with Crippen molar-refractivity contribution in [3.05, 3.63) is 16.6 Å². The average molecular weight is 297 g/mol. The Balaban J connectivity index is 2.05. The fraction of sp³-hybridized carbons (Fsp3) is 0.364. The Morgan fingerprint density at radius 3 is 2.85 bits per heavy atom. The van der Waals surface area contributed by atoms with Gasteiger partial charge in [0.15, 0.2) is 11.6 Å². The number of ether oxygens (including phenoxy) is 1. The molecule has 0 atom stereocenters. The van der Waals surface area contributed by atoms with Gasteiger partial charge in [0.05, 0.1) is 7.11 Å². The standard InChI is InChI=1S/C11H15N5O3S/c1-5-15-6(16-19-5)3-4-14-11-8(18-2)7(12)9(20-11)10(13)17/h14H,3-4,12H2,1-2H3,(H2,13,17). The molecule has 0 aliphatic rings. The molecule has 1 amide bonds. The Labute approximate surface area is 119 Å². The van der Waals surface area contributed by atoms with Gasteiger partial charge in [-0.15, -0.1) is 11.3 Å². The van der Waals surface area contributed by atoms with E-state index in [2.05, 4.69) is 15.5 Å². The maximum Gasteiger partial charge on any atom is 0.261 e. The first-order valence-electron chi connectivity index (χ1n) is 5.82. The van der Waals surface area contributed by atoms with Gasteiger partial charge in [-0.2, -0.15) is 4.98 Å². The summed E-state index contributed by atoms with van der Waals surface area (Å²) in [5.74, 6) is 0.975. The van der Waals surface area contributed by atoms with Crippen LogP contribution in [-0.2, 0) is 6.42 Å². The van der Waals surface area contributed by atoms with Gasteiger partial charge in [0, 0.05) is 19.9 Å². The van der Waals surface area contributed by atoms with Gasteiger partial charge in [-0.05, 0) is 0 Å². The Kier molecular flexibility index (Phi) is 4.08. The molecule has 8 nitrogen and oxygen atoms in total. The predicted octanol–water partition coefficient (Wildman–Crippen LogP) is 0.784. The molecule has 9 heteroatoms. The molecule has 0 saturated heterocycles. The molecule has 0 fully saturated rings. The molecule has 0 aromatic carbocycles. The van der Waals surface area contributed by atoms with Gasteiger partial charge in [0.2, 0.25) is 5.89 Å². The number of aryl methyl sites for hydroxylation is 1. The highest BCUT2D eigenvalue weighted by atomic mass is 32.1. The van der Waals surface area contributed by atoms with Crippen LogP contribution in [0.25, 0.3) is 0 Å². The lowest BCUT2D eigenvalue weighted by Gasteiger charge is -2.05. The normalized spacial score (nSPS) is 10.5. The maximum absolute atomic E-state index is 11.2. The van der Waals surface area contributed by atoms with Gasteiger partial charge in [0.25, 0.3) is 5.91 Å². The van der Waals surface area contributed by atoms with E-state index in [0.29, 0.717) is 35.4 Å². The summed E-state index contributed by atoms with van der Waals surface area (Å²) >= 11 is 1.16. The number of nitrogen functional groups attached to an aromatic ring is 1. The molecule has 0 spiro atoms. The second-order valence-electron chi connectivity index (χ2n) is 3.98. The predicted molar refractivity (Wildman–Crippen MR) is 75.0 cm³/mol. The molecule has 2 rings (SSSR count). The van der Waals surface area contributed by atoms with E-state index < -0.39 is 5.91 Å². The van der Waals surface area contributed by atoms with Crippen molar-refractivity contribution in [3.63, 3.8) is 0 Å². The highest BCUT2D eigenvalue weighted by Gasteiger charge is 2.19. The van der Waals surface area contributed by atoms with Crippen LogP contribution in [-0.4, -0.2) is 29.7 Å². The Morgan fingerprint density at radius 2 is 2.30 bits per heavy atom. The van der Waals surface area contributed by atoms with Crippen LogP contribution < -0.4 is 21.5 Å².